The normalized spacial score (nSPS) is 24.8. The Labute approximate surface area is 61.4 Å². The number of carbonyl (C=O) groups excluding carboxylic acids is 1. The molecular formula is C7H13N2O. The van der Waals surface area contributed by atoms with Crippen molar-refractivity contribution in [3.63, 3.8) is 0 Å². The minimum atomic E-state index is 0.0370. The van der Waals surface area contributed by atoms with Gasteiger partial charge in [-0.1, -0.05) is 0 Å². The van der Waals surface area contributed by atoms with Crippen molar-refractivity contribution in [2.24, 2.45) is 0 Å². The molecule has 1 heterocycles. The van der Waals surface area contributed by atoms with Crippen molar-refractivity contribution in [2.45, 2.75) is 12.5 Å². The summed E-state index contributed by atoms with van der Waals surface area (Å²) >= 11 is 0. The molecule has 10 heavy (non-hydrogen) atoms. The van der Waals surface area contributed by atoms with Crippen molar-refractivity contribution in [2.75, 3.05) is 20.6 Å². The number of nitrogens with one attached hydrogen (secondary N) is 1. The number of rotatable bonds is 1. The van der Waals surface area contributed by atoms with E-state index in [0.717, 1.165) is 13.0 Å². The molecule has 1 aliphatic heterocycles. The standard InChI is InChI=1S/C7H13N2O/c1-9(2)7(10)6-4-3-5-8-6/h3,6,8H,4-5H2,1-2H3/t6-/m1/s1. The molecule has 1 amide bonds. The predicted octanol–water partition coefficient (Wildman–Crippen LogP) is -0.359. The van der Waals surface area contributed by atoms with E-state index in [-0.39, 0.29) is 11.9 Å². The van der Waals surface area contributed by atoms with E-state index in [1.807, 2.05) is 0 Å². The Morgan fingerprint density at radius 3 is 2.80 bits per heavy atom. The molecule has 1 saturated heterocycles. The maximum Gasteiger partial charge on any atom is 0.239 e. The fraction of sp³-hybridized carbons (Fsp3) is 0.714. The first-order chi connectivity index (χ1) is 4.72. The fourth-order valence-electron chi connectivity index (χ4n) is 1.06. The molecule has 3 heteroatoms. The van der Waals surface area contributed by atoms with Crippen LogP contribution in [0.15, 0.2) is 0 Å². The highest BCUT2D eigenvalue weighted by molar-refractivity contribution is 5.81. The summed E-state index contributed by atoms with van der Waals surface area (Å²) in [6.45, 7) is 0.865. The molecule has 0 saturated carbocycles. The smallest absolute Gasteiger partial charge is 0.239 e. The quantitative estimate of drug-likeness (QED) is 0.541. The summed E-state index contributed by atoms with van der Waals surface area (Å²) in [6, 6.07) is 0.0370. The Bertz CT molecular complexity index is 128. The first kappa shape index (κ1) is 7.54. The lowest BCUT2D eigenvalue weighted by molar-refractivity contribution is -0.130. The molecule has 1 atom stereocenters. The minimum Gasteiger partial charge on any atom is -0.347 e. The van der Waals surface area contributed by atoms with E-state index < -0.39 is 0 Å². The van der Waals surface area contributed by atoms with Crippen LogP contribution in [-0.4, -0.2) is 37.5 Å². The highest BCUT2D eigenvalue weighted by Gasteiger charge is 2.22. The van der Waals surface area contributed by atoms with Gasteiger partial charge in [0.05, 0.1) is 6.04 Å². The second kappa shape index (κ2) is 3.01. The molecule has 1 fully saturated rings. The van der Waals surface area contributed by atoms with Gasteiger partial charge in [-0.3, -0.25) is 4.79 Å². The first-order valence-corrected chi connectivity index (χ1v) is 3.48. The fourth-order valence-corrected chi connectivity index (χ4v) is 1.06. The summed E-state index contributed by atoms with van der Waals surface area (Å²) < 4.78 is 0. The molecule has 0 spiro atoms. The molecule has 1 N–H and O–H groups in total. The van der Waals surface area contributed by atoms with Crippen LogP contribution in [0.5, 0.6) is 0 Å². The number of carbonyl (C=O) groups is 1. The summed E-state index contributed by atoms with van der Waals surface area (Å²) in [6.07, 6.45) is 2.96. The molecule has 0 unspecified atom stereocenters. The van der Waals surface area contributed by atoms with Gasteiger partial charge in [-0.05, 0) is 19.4 Å². The third-order valence-corrected chi connectivity index (χ3v) is 1.65. The van der Waals surface area contributed by atoms with Crippen LogP contribution in [0.25, 0.3) is 0 Å². The van der Waals surface area contributed by atoms with Crippen LogP contribution in [0.4, 0.5) is 0 Å². The van der Waals surface area contributed by atoms with Crippen LogP contribution in [0.1, 0.15) is 6.42 Å². The third-order valence-electron chi connectivity index (χ3n) is 1.65. The monoisotopic (exact) mass is 141 g/mol. The molecule has 1 rings (SSSR count). The lowest BCUT2D eigenvalue weighted by atomic mass is 10.2. The number of likely N-dealkylation sites (N-methyl/N-ethyl adjacent to an activating group) is 1. The average Bonchev–Trinajstić information content (AvgIpc) is 2.36. The van der Waals surface area contributed by atoms with Crippen LogP contribution >= 0.6 is 0 Å². The first-order valence-electron chi connectivity index (χ1n) is 3.48. The van der Waals surface area contributed by atoms with Crippen LogP contribution in [0, 0.1) is 6.42 Å². The SMILES string of the molecule is CN(C)C(=O)[C@H]1C[CH]CN1. The summed E-state index contributed by atoms with van der Waals surface area (Å²) in [4.78, 5) is 12.8. The predicted molar refractivity (Wildman–Crippen MR) is 39.4 cm³/mol. The summed E-state index contributed by atoms with van der Waals surface area (Å²) in [5, 5.41) is 3.09. The van der Waals surface area contributed by atoms with Crippen LogP contribution in [-0.2, 0) is 4.79 Å². The Balaban J connectivity index is 2.40. The Morgan fingerprint density at radius 2 is 2.40 bits per heavy atom. The average molecular weight is 141 g/mol. The van der Waals surface area contributed by atoms with E-state index in [9.17, 15) is 4.79 Å². The summed E-state index contributed by atoms with van der Waals surface area (Å²) in [5.41, 5.74) is 0. The van der Waals surface area contributed by atoms with Gasteiger partial charge in [-0.2, -0.15) is 0 Å². The van der Waals surface area contributed by atoms with E-state index in [1.54, 1.807) is 19.0 Å². The van der Waals surface area contributed by atoms with Crippen LogP contribution in [0.2, 0.25) is 0 Å². The molecule has 1 radical (unpaired) electrons. The van der Waals surface area contributed by atoms with Gasteiger partial charge in [-0.15, -0.1) is 0 Å². The van der Waals surface area contributed by atoms with Crippen molar-refractivity contribution in [3.8, 4) is 0 Å². The third kappa shape index (κ3) is 1.48. The van der Waals surface area contributed by atoms with Crippen LogP contribution in [0.3, 0.4) is 0 Å². The largest absolute Gasteiger partial charge is 0.347 e. The maximum absolute atomic E-state index is 11.2. The zero-order valence-corrected chi connectivity index (χ0v) is 6.42. The van der Waals surface area contributed by atoms with Crippen molar-refractivity contribution >= 4 is 5.91 Å². The number of nitrogens with zero attached hydrogens (tertiary/aromatic N) is 1. The van der Waals surface area contributed by atoms with E-state index in [2.05, 4.69) is 11.7 Å². The topological polar surface area (TPSA) is 32.3 Å². The van der Waals surface area contributed by atoms with E-state index in [0.29, 0.717) is 0 Å². The molecule has 0 aromatic rings. The van der Waals surface area contributed by atoms with E-state index in [1.165, 1.54) is 0 Å². The molecule has 0 aromatic carbocycles. The Morgan fingerprint density at radius 1 is 1.70 bits per heavy atom. The summed E-state index contributed by atoms with van der Waals surface area (Å²) in [7, 11) is 3.56. The molecule has 1 aliphatic rings. The number of hydrogen-bond donors (Lipinski definition) is 1. The molecule has 0 bridgehead atoms. The van der Waals surface area contributed by atoms with Gasteiger partial charge in [0, 0.05) is 14.1 Å². The van der Waals surface area contributed by atoms with Crippen LogP contribution < -0.4 is 5.32 Å². The molecular weight excluding hydrogens is 128 g/mol. The van der Waals surface area contributed by atoms with E-state index in [4.69, 9.17) is 0 Å². The lowest BCUT2D eigenvalue weighted by Crippen LogP contribution is -2.39. The molecule has 3 nitrogen and oxygen atoms in total. The van der Waals surface area contributed by atoms with Gasteiger partial charge < -0.3 is 10.2 Å². The van der Waals surface area contributed by atoms with Gasteiger partial charge in [0.2, 0.25) is 5.91 Å². The van der Waals surface area contributed by atoms with Gasteiger partial charge in [0.15, 0.2) is 0 Å². The number of amides is 1. The van der Waals surface area contributed by atoms with Gasteiger partial charge in [0.25, 0.3) is 0 Å². The molecule has 57 valence electrons. The molecule has 0 aromatic heterocycles. The zero-order chi connectivity index (χ0) is 7.56. The van der Waals surface area contributed by atoms with Crippen molar-refractivity contribution < 1.29 is 4.79 Å². The second-order valence-corrected chi connectivity index (χ2v) is 2.72. The van der Waals surface area contributed by atoms with Crippen molar-refractivity contribution in [1.29, 1.82) is 0 Å². The minimum absolute atomic E-state index is 0.0370. The maximum atomic E-state index is 11.2. The van der Waals surface area contributed by atoms with Gasteiger partial charge in [-0.25, -0.2) is 0 Å². The second-order valence-electron chi connectivity index (χ2n) is 2.72. The van der Waals surface area contributed by atoms with Gasteiger partial charge >= 0.3 is 0 Å². The number of hydrogen-bond acceptors (Lipinski definition) is 2. The molecule has 0 aliphatic carbocycles. The Hall–Kier alpha value is -0.570. The zero-order valence-electron chi connectivity index (χ0n) is 6.42. The highest BCUT2D eigenvalue weighted by atomic mass is 16.2. The Kier molecular flexibility index (Phi) is 2.27. The van der Waals surface area contributed by atoms with E-state index >= 15 is 0 Å². The van der Waals surface area contributed by atoms with Gasteiger partial charge in [0.1, 0.15) is 0 Å². The lowest BCUT2D eigenvalue weighted by Gasteiger charge is -2.15. The van der Waals surface area contributed by atoms with Crippen molar-refractivity contribution in [3.05, 3.63) is 6.42 Å². The summed E-state index contributed by atoms with van der Waals surface area (Å²) in [5.74, 6) is 0.175. The highest BCUT2D eigenvalue weighted by Crippen LogP contribution is 2.05. The van der Waals surface area contributed by atoms with Crippen molar-refractivity contribution in [1.82, 2.24) is 10.2 Å².